The molecule has 1 aliphatic rings. The molecule has 20 heavy (non-hydrogen) atoms. The summed E-state index contributed by atoms with van der Waals surface area (Å²) < 4.78 is 14.9. The number of hydrogen-bond donors (Lipinski definition) is 2. The highest BCUT2D eigenvalue weighted by Crippen LogP contribution is 2.21. The number of carbonyl (C=O) groups is 3. The summed E-state index contributed by atoms with van der Waals surface area (Å²) >= 11 is 0. The van der Waals surface area contributed by atoms with E-state index in [1.807, 2.05) is 0 Å². The molecule has 1 aliphatic heterocycles. The molecule has 0 bridgehead atoms. The molecule has 0 aromatic rings. The van der Waals surface area contributed by atoms with E-state index in [0.29, 0.717) is 0 Å². The number of aldehydes is 1. The van der Waals surface area contributed by atoms with Crippen molar-refractivity contribution in [2.75, 3.05) is 6.61 Å². The molecule has 0 aromatic heterocycles. The highest BCUT2D eigenvalue weighted by atomic mass is 16.7. The highest BCUT2D eigenvalue weighted by Gasteiger charge is 2.43. The van der Waals surface area contributed by atoms with Crippen molar-refractivity contribution >= 4 is 18.0 Å². The van der Waals surface area contributed by atoms with Gasteiger partial charge in [0.05, 0.1) is 6.61 Å². The Morgan fingerprint density at radius 2 is 2.15 bits per heavy atom. The zero-order valence-corrected chi connectivity index (χ0v) is 10.8. The van der Waals surface area contributed by atoms with Crippen LogP contribution in [0.5, 0.6) is 0 Å². The highest BCUT2D eigenvalue weighted by molar-refractivity contribution is 5.81. The first-order valence-corrected chi connectivity index (χ1v) is 5.82. The van der Waals surface area contributed by atoms with Crippen molar-refractivity contribution in [1.29, 1.82) is 0 Å². The first-order chi connectivity index (χ1) is 9.40. The van der Waals surface area contributed by atoms with E-state index >= 15 is 0 Å². The lowest BCUT2D eigenvalue weighted by molar-refractivity contribution is -0.268. The van der Waals surface area contributed by atoms with Gasteiger partial charge in [0.1, 0.15) is 18.3 Å². The molecule has 112 valence electrons. The summed E-state index contributed by atoms with van der Waals surface area (Å²) in [7, 11) is 0. The predicted octanol–water partition coefficient (Wildman–Crippen LogP) is -1.66. The number of aliphatic hydroxyl groups excluding tert-OH is 2. The fraction of sp³-hybridized carbons (Fsp3) is 0.583. The summed E-state index contributed by atoms with van der Waals surface area (Å²) in [5, 5.41) is 19.3. The second-order valence-corrected chi connectivity index (χ2v) is 4.18. The third-order valence-electron chi connectivity index (χ3n) is 2.63. The Kier molecular flexibility index (Phi) is 5.96. The molecule has 0 saturated carbocycles. The Labute approximate surface area is 114 Å². The molecule has 8 nitrogen and oxygen atoms in total. The first-order valence-electron chi connectivity index (χ1n) is 5.82. The van der Waals surface area contributed by atoms with Crippen LogP contribution < -0.4 is 0 Å². The van der Waals surface area contributed by atoms with Gasteiger partial charge in [0.2, 0.25) is 6.29 Å². The van der Waals surface area contributed by atoms with Gasteiger partial charge in [-0.25, -0.2) is 4.79 Å². The van der Waals surface area contributed by atoms with Gasteiger partial charge in [-0.1, -0.05) is 6.58 Å². The number of ether oxygens (including phenoxy) is 3. The second kappa shape index (κ2) is 7.25. The Morgan fingerprint density at radius 3 is 2.65 bits per heavy atom. The minimum absolute atomic E-state index is 0.134. The molecular formula is C12H16O8. The Bertz CT molecular complexity index is 393. The molecule has 0 aliphatic carbocycles. The third-order valence-corrected chi connectivity index (χ3v) is 2.63. The third kappa shape index (κ3) is 3.94. The molecule has 0 amide bonds. The van der Waals surface area contributed by atoms with Crippen LogP contribution in [-0.4, -0.2) is 65.6 Å². The molecule has 8 heteroatoms. The zero-order chi connectivity index (χ0) is 15.3. The molecule has 1 fully saturated rings. The van der Waals surface area contributed by atoms with E-state index in [4.69, 9.17) is 14.2 Å². The lowest BCUT2D eigenvalue weighted by Gasteiger charge is -2.37. The monoisotopic (exact) mass is 288 g/mol. The van der Waals surface area contributed by atoms with Crippen molar-refractivity contribution in [3.05, 3.63) is 12.7 Å². The maximum absolute atomic E-state index is 11.2. The van der Waals surface area contributed by atoms with Crippen LogP contribution in [0.15, 0.2) is 12.7 Å². The van der Waals surface area contributed by atoms with E-state index < -0.39 is 42.5 Å². The second-order valence-electron chi connectivity index (χ2n) is 4.18. The van der Waals surface area contributed by atoms with Crippen molar-refractivity contribution in [2.45, 2.75) is 37.6 Å². The number of Topliss-reactive ketones (excluding diaryl/α,β-unsaturated/α-hetero) is 1. The van der Waals surface area contributed by atoms with Gasteiger partial charge >= 0.3 is 5.97 Å². The van der Waals surface area contributed by atoms with Gasteiger partial charge < -0.3 is 29.2 Å². The molecule has 1 saturated heterocycles. The number of ketones is 1. The van der Waals surface area contributed by atoms with Crippen LogP contribution in [0.1, 0.15) is 6.92 Å². The van der Waals surface area contributed by atoms with Crippen LogP contribution in [-0.2, 0) is 28.6 Å². The van der Waals surface area contributed by atoms with E-state index in [1.54, 1.807) is 0 Å². The van der Waals surface area contributed by atoms with E-state index in [-0.39, 0.29) is 12.9 Å². The maximum Gasteiger partial charge on any atom is 0.330 e. The van der Waals surface area contributed by atoms with Crippen molar-refractivity contribution in [3.63, 3.8) is 0 Å². The van der Waals surface area contributed by atoms with Crippen molar-refractivity contribution in [2.24, 2.45) is 0 Å². The fourth-order valence-electron chi connectivity index (χ4n) is 1.65. The number of rotatable bonds is 6. The van der Waals surface area contributed by atoms with Gasteiger partial charge in [-0.2, -0.15) is 0 Å². The molecule has 0 spiro atoms. The Morgan fingerprint density at radius 1 is 1.50 bits per heavy atom. The van der Waals surface area contributed by atoms with Gasteiger partial charge in [0.15, 0.2) is 18.2 Å². The standard InChI is InChI=1S/C12H16O8/c1-3-9(17)19-10(7(15)4-13)11-8(16)5-18-12(20-11)6(2)14/h3-4,7-8,10-12,15-16H,1,5H2,2H3/t7-,8+,10+,11+,12?/m0/s1. The van der Waals surface area contributed by atoms with Crippen LogP contribution in [0.3, 0.4) is 0 Å². The molecule has 5 atom stereocenters. The summed E-state index contributed by atoms with van der Waals surface area (Å²) in [5.74, 6) is -1.37. The topological polar surface area (TPSA) is 119 Å². The molecule has 1 rings (SSSR count). The predicted molar refractivity (Wildman–Crippen MR) is 63.4 cm³/mol. The molecule has 1 heterocycles. The van der Waals surface area contributed by atoms with Crippen LogP contribution in [0.4, 0.5) is 0 Å². The van der Waals surface area contributed by atoms with E-state index in [1.165, 1.54) is 6.92 Å². The molecule has 2 N–H and O–H groups in total. The van der Waals surface area contributed by atoms with Crippen molar-refractivity contribution in [1.82, 2.24) is 0 Å². The molecule has 0 radical (unpaired) electrons. The number of carbonyl (C=O) groups excluding carboxylic acids is 3. The van der Waals surface area contributed by atoms with Crippen molar-refractivity contribution in [3.8, 4) is 0 Å². The normalized spacial score (nSPS) is 29.1. The molecule has 1 unspecified atom stereocenters. The summed E-state index contributed by atoms with van der Waals surface area (Å²) in [5.41, 5.74) is 0. The van der Waals surface area contributed by atoms with Gasteiger partial charge in [-0.3, -0.25) is 4.79 Å². The summed E-state index contributed by atoms with van der Waals surface area (Å²) in [6, 6.07) is 0. The minimum Gasteiger partial charge on any atom is -0.453 e. The summed E-state index contributed by atoms with van der Waals surface area (Å²) in [6.07, 6.45) is -6.03. The smallest absolute Gasteiger partial charge is 0.330 e. The Hall–Kier alpha value is -1.61. The SMILES string of the molecule is C=CC(=O)O[C@@H]([C@@H]1OC(C(C)=O)OC[C@H]1O)[C@@H](O)C=O. The average Bonchev–Trinajstić information content (AvgIpc) is 2.44. The average molecular weight is 288 g/mol. The number of aliphatic hydroxyl groups is 2. The van der Waals surface area contributed by atoms with Gasteiger partial charge in [-0.15, -0.1) is 0 Å². The largest absolute Gasteiger partial charge is 0.453 e. The van der Waals surface area contributed by atoms with Crippen LogP contribution in [0, 0.1) is 0 Å². The lowest BCUT2D eigenvalue weighted by atomic mass is 10.0. The van der Waals surface area contributed by atoms with E-state index in [0.717, 1.165) is 6.08 Å². The number of esters is 1. The Balaban J connectivity index is 2.91. The van der Waals surface area contributed by atoms with E-state index in [2.05, 4.69) is 6.58 Å². The van der Waals surface area contributed by atoms with Gasteiger partial charge in [0, 0.05) is 6.08 Å². The molecular weight excluding hydrogens is 272 g/mol. The zero-order valence-electron chi connectivity index (χ0n) is 10.8. The molecule has 0 aromatic carbocycles. The lowest BCUT2D eigenvalue weighted by Crippen LogP contribution is -2.56. The fourth-order valence-corrected chi connectivity index (χ4v) is 1.65. The minimum atomic E-state index is -1.72. The van der Waals surface area contributed by atoms with Gasteiger partial charge in [-0.05, 0) is 6.92 Å². The first kappa shape index (κ1) is 16.4. The van der Waals surface area contributed by atoms with Crippen LogP contribution >= 0.6 is 0 Å². The van der Waals surface area contributed by atoms with Crippen molar-refractivity contribution < 1.29 is 38.8 Å². The number of hydrogen-bond acceptors (Lipinski definition) is 8. The van der Waals surface area contributed by atoms with E-state index in [9.17, 15) is 24.6 Å². The summed E-state index contributed by atoms with van der Waals surface area (Å²) in [4.78, 5) is 33.1. The quantitative estimate of drug-likeness (QED) is 0.338. The van der Waals surface area contributed by atoms with Crippen LogP contribution in [0.2, 0.25) is 0 Å². The summed E-state index contributed by atoms with van der Waals surface area (Å²) in [6.45, 7) is 4.13. The maximum atomic E-state index is 11.2. The van der Waals surface area contributed by atoms with Crippen LogP contribution in [0.25, 0.3) is 0 Å². The van der Waals surface area contributed by atoms with Gasteiger partial charge in [0.25, 0.3) is 0 Å².